The first kappa shape index (κ1) is 11.5. The molecule has 1 heterocycles. The number of aliphatic hydroxyl groups is 1. The lowest BCUT2D eigenvalue weighted by molar-refractivity contribution is 0.0795. The van der Waals surface area contributed by atoms with Gasteiger partial charge in [0.15, 0.2) is 0 Å². The number of benzene rings is 1. The van der Waals surface area contributed by atoms with Crippen LogP contribution in [-0.2, 0) is 6.54 Å². The Morgan fingerprint density at radius 2 is 2.12 bits per heavy atom. The van der Waals surface area contributed by atoms with E-state index in [0.717, 1.165) is 10.5 Å². The van der Waals surface area contributed by atoms with Gasteiger partial charge in [-0.15, -0.1) is 11.3 Å². The normalized spacial score (nSPS) is 12.2. The maximum atomic E-state index is 9.56. The molecule has 1 aromatic heterocycles. The topological polar surface area (TPSA) is 45.1 Å². The molecule has 0 fully saturated rings. The minimum Gasteiger partial charge on any atom is -0.389 e. The molecule has 86 valence electrons. The third kappa shape index (κ3) is 3.01. The van der Waals surface area contributed by atoms with E-state index in [0.29, 0.717) is 13.1 Å². The molecule has 2 aromatic rings. The highest BCUT2D eigenvalue weighted by Gasteiger charge is 2.11. The van der Waals surface area contributed by atoms with Crippen LogP contribution in [0.15, 0.2) is 24.3 Å². The highest BCUT2D eigenvalue weighted by molar-refractivity contribution is 7.18. The minimum atomic E-state index is -0.670. The summed E-state index contributed by atoms with van der Waals surface area (Å²) in [5.74, 6) is 0. The second-order valence-electron chi connectivity index (χ2n) is 4.49. The van der Waals surface area contributed by atoms with Gasteiger partial charge in [0, 0.05) is 13.1 Å². The Labute approximate surface area is 99.1 Å². The zero-order chi connectivity index (χ0) is 11.6. The van der Waals surface area contributed by atoms with Crippen LogP contribution in [0.4, 0.5) is 0 Å². The van der Waals surface area contributed by atoms with Crippen molar-refractivity contribution in [1.82, 2.24) is 10.3 Å². The number of rotatable bonds is 4. The second-order valence-corrected chi connectivity index (χ2v) is 5.61. The van der Waals surface area contributed by atoms with Gasteiger partial charge >= 0.3 is 0 Å². The van der Waals surface area contributed by atoms with Crippen molar-refractivity contribution < 1.29 is 5.11 Å². The molecule has 16 heavy (non-hydrogen) atoms. The van der Waals surface area contributed by atoms with E-state index in [4.69, 9.17) is 0 Å². The number of thiazole rings is 1. The maximum absolute atomic E-state index is 9.56. The molecule has 0 atom stereocenters. The number of hydrogen-bond acceptors (Lipinski definition) is 4. The van der Waals surface area contributed by atoms with E-state index in [2.05, 4.69) is 16.4 Å². The zero-order valence-corrected chi connectivity index (χ0v) is 10.3. The number of hydrogen-bond donors (Lipinski definition) is 2. The van der Waals surface area contributed by atoms with Crippen LogP contribution in [0.1, 0.15) is 18.9 Å². The highest BCUT2D eigenvalue weighted by Crippen LogP contribution is 2.21. The maximum Gasteiger partial charge on any atom is 0.108 e. The van der Waals surface area contributed by atoms with E-state index in [1.165, 1.54) is 4.70 Å². The molecule has 0 spiro atoms. The van der Waals surface area contributed by atoms with Crippen LogP contribution in [0, 0.1) is 0 Å². The summed E-state index contributed by atoms with van der Waals surface area (Å²) < 4.78 is 1.21. The van der Waals surface area contributed by atoms with Crippen LogP contribution in [0.5, 0.6) is 0 Å². The van der Waals surface area contributed by atoms with Crippen molar-refractivity contribution in [3.05, 3.63) is 29.3 Å². The average molecular weight is 236 g/mol. The van der Waals surface area contributed by atoms with Crippen molar-refractivity contribution in [2.24, 2.45) is 0 Å². The van der Waals surface area contributed by atoms with Gasteiger partial charge in [-0.05, 0) is 26.0 Å². The fraction of sp³-hybridized carbons (Fsp3) is 0.417. The standard InChI is InChI=1S/C12H16N2OS/c1-12(2,15)8-13-7-11-14-9-5-3-4-6-10(9)16-11/h3-6,13,15H,7-8H2,1-2H3. The van der Waals surface area contributed by atoms with Gasteiger partial charge in [0.1, 0.15) is 5.01 Å². The molecule has 4 heteroatoms. The fourth-order valence-corrected chi connectivity index (χ4v) is 2.41. The molecule has 0 saturated heterocycles. The number of fused-ring (bicyclic) bond motifs is 1. The summed E-state index contributed by atoms with van der Waals surface area (Å²) in [7, 11) is 0. The van der Waals surface area contributed by atoms with Crippen molar-refractivity contribution in [3.8, 4) is 0 Å². The van der Waals surface area contributed by atoms with E-state index in [9.17, 15) is 5.11 Å². The van der Waals surface area contributed by atoms with Gasteiger partial charge < -0.3 is 10.4 Å². The van der Waals surface area contributed by atoms with Gasteiger partial charge in [-0.3, -0.25) is 0 Å². The van der Waals surface area contributed by atoms with Gasteiger partial charge in [0.05, 0.1) is 15.8 Å². The van der Waals surface area contributed by atoms with Crippen LogP contribution in [0.2, 0.25) is 0 Å². The first-order valence-corrected chi connectivity index (χ1v) is 6.14. The lowest BCUT2D eigenvalue weighted by Gasteiger charge is -2.16. The molecule has 0 bridgehead atoms. The third-order valence-corrected chi connectivity index (χ3v) is 3.21. The predicted molar refractivity (Wildman–Crippen MR) is 67.6 cm³/mol. The Kier molecular flexibility index (Phi) is 3.23. The Balaban J connectivity index is 2.00. The summed E-state index contributed by atoms with van der Waals surface area (Å²) in [6.45, 7) is 4.86. The highest BCUT2D eigenvalue weighted by atomic mass is 32.1. The van der Waals surface area contributed by atoms with E-state index < -0.39 is 5.60 Å². The van der Waals surface area contributed by atoms with Crippen molar-refractivity contribution in [2.45, 2.75) is 26.0 Å². The quantitative estimate of drug-likeness (QED) is 0.855. The van der Waals surface area contributed by atoms with Crippen molar-refractivity contribution >= 4 is 21.6 Å². The van der Waals surface area contributed by atoms with Crippen molar-refractivity contribution in [1.29, 1.82) is 0 Å². The summed E-state index contributed by atoms with van der Waals surface area (Å²) in [4.78, 5) is 4.51. The molecule has 2 N–H and O–H groups in total. The molecule has 0 aliphatic heterocycles. The van der Waals surface area contributed by atoms with E-state index >= 15 is 0 Å². The molecule has 0 amide bonds. The summed E-state index contributed by atoms with van der Waals surface area (Å²) in [5, 5.41) is 13.8. The summed E-state index contributed by atoms with van der Waals surface area (Å²) in [6.07, 6.45) is 0. The number of nitrogens with one attached hydrogen (secondary N) is 1. The number of aromatic nitrogens is 1. The monoisotopic (exact) mass is 236 g/mol. The van der Waals surface area contributed by atoms with E-state index in [1.54, 1.807) is 25.2 Å². The molecule has 0 saturated carbocycles. The Morgan fingerprint density at radius 1 is 1.38 bits per heavy atom. The van der Waals surface area contributed by atoms with Gasteiger partial charge in [-0.2, -0.15) is 0 Å². The summed E-state index contributed by atoms with van der Waals surface area (Å²) >= 11 is 1.69. The van der Waals surface area contributed by atoms with Gasteiger partial charge in [0.25, 0.3) is 0 Å². The lowest BCUT2D eigenvalue weighted by atomic mass is 10.1. The Hall–Kier alpha value is -0.970. The first-order chi connectivity index (χ1) is 7.54. The third-order valence-electron chi connectivity index (χ3n) is 2.17. The van der Waals surface area contributed by atoms with Gasteiger partial charge in [-0.1, -0.05) is 12.1 Å². The smallest absolute Gasteiger partial charge is 0.108 e. The SMILES string of the molecule is CC(C)(O)CNCc1nc2ccccc2s1. The molecule has 1 aromatic carbocycles. The number of para-hydroxylation sites is 1. The van der Waals surface area contributed by atoms with Gasteiger partial charge in [-0.25, -0.2) is 4.98 Å². The predicted octanol–water partition coefficient (Wildman–Crippen LogP) is 2.16. The van der Waals surface area contributed by atoms with Crippen molar-refractivity contribution in [3.63, 3.8) is 0 Å². The molecule has 2 rings (SSSR count). The van der Waals surface area contributed by atoms with Crippen LogP contribution < -0.4 is 5.32 Å². The van der Waals surface area contributed by atoms with Crippen LogP contribution in [0.3, 0.4) is 0 Å². The molecule has 3 nitrogen and oxygen atoms in total. The Bertz CT molecular complexity index is 440. The van der Waals surface area contributed by atoms with Crippen LogP contribution >= 0.6 is 11.3 Å². The largest absolute Gasteiger partial charge is 0.389 e. The molecular formula is C12H16N2OS. The van der Waals surface area contributed by atoms with Gasteiger partial charge in [0.2, 0.25) is 0 Å². The number of nitrogens with zero attached hydrogens (tertiary/aromatic N) is 1. The fourth-order valence-electron chi connectivity index (χ4n) is 1.47. The van der Waals surface area contributed by atoms with Crippen LogP contribution in [0.25, 0.3) is 10.2 Å². The molecular weight excluding hydrogens is 220 g/mol. The molecule has 0 aliphatic carbocycles. The van der Waals surface area contributed by atoms with Crippen LogP contribution in [-0.4, -0.2) is 22.2 Å². The molecule has 0 unspecified atom stereocenters. The minimum absolute atomic E-state index is 0.572. The zero-order valence-electron chi connectivity index (χ0n) is 9.53. The average Bonchev–Trinajstić information content (AvgIpc) is 2.57. The van der Waals surface area contributed by atoms with E-state index in [-0.39, 0.29) is 0 Å². The molecule has 0 radical (unpaired) electrons. The first-order valence-electron chi connectivity index (χ1n) is 5.32. The Morgan fingerprint density at radius 3 is 2.81 bits per heavy atom. The second kappa shape index (κ2) is 4.49. The van der Waals surface area contributed by atoms with E-state index in [1.807, 2.05) is 18.2 Å². The summed E-state index contributed by atoms with van der Waals surface area (Å²) in [5.41, 5.74) is 0.379. The van der Waals surface area contributed by atoms with Crippen molar-refractivity contribution in [2.75, 3.05) is 6.54 Å². The summed E-state index contributed by atoms with van der Waals surface area (Å²) in [6, 6.07) is 8.11. The molecule has 0 aliphatic rings. The lowest BCUT2D eigenvalue weighted by Crippen LogP contribution is -2.34.